The van der Waals surface area contributed by atoms with E-state index in [1.807, 2.05) is 0 Å². The van der Waals surface area contributed by atoms with Crippen molar-refractivity contribution in [1.29, 1.82) is 0 Å². The average Bonchev–Trinajstić information content (AvgIpc) is 1.88. The Morgan fingerprint density at radius 3 is 2.40 bits per heavy atom. The first-order valence-corrected chi connectivity index (χ1v) is 3.22. The van der Waals surface area contributed by atoms with Crippen molar-refractivity contribution in [2.75, 3.05) is 6.54 Å². The fourth-order valence-electron chi connectivity index (χ4n) is 0.994. The number of nitrogens with one attached hydrogen (secondary N) is 1. The molecule has 1 nitrogen and oxygen atoms in total. The molecule has 0 aromatic heterocycles. The van der Waals surface area contributed by atoms with Gasteiger partial charge in [-0.1, -0.05) is 0 Å². The Hall–Kier alpha value is -0.250. The largest absolute Gasteiger partial charge is 0.393 e. The lowest BCUT2D eigenvalue weighted by atomic mass is 9.99. The quantitative estimate of drug-likeness (QED) is 0.557. The van der Waals surface area contributed by atoms with Crippen LogP contribution in [0.5, 0.6) is 0 Å². The van der Waals surface area contributed by atoms with Crippen molar-refractivity contribution in [3.05, 3.63) is 6.54 Å². The summed E-state index contributed by atoms with van der Waals surface area (Å²) in [6, 6.07) is 0. The van der Waals surface area contributed by atoms with E-state index in [1.54, 1.807) is 6.54 Å². The van der Waals surface area contributed by atoms with Crippen molar-refractivity contribution in [2.24, 2.45) is 5.92 Å². The number of alkyl halides is 3. The lowest BCUT2D eigenvalue weighted by molar-refractivity contribution is -0.176. The molecule has 0 saturated carbocycles. The third-order valence-corrected chi connectivity index (χ3v) is 1.63. The number of rotatable bonds is 0. The molecule has 1 unspecified atom stereocenters. The van der Waals surface area contributed by atoms with Crippen LogP contribution in [0.3, 0.4) is 0 Å². The first kappa shape index (κ1) is 7.85. The number of hydrogen-bond donors (Lipinski definition) is 1. The zero-order valence-electron chi connectivity index (χ0n) is 5.41. The maximum Gasteiger partial charge on any atom is 0.393 e. The van der Waals surface area contributed by atoms with Crippen LogP contribution in [0.1, 0.15) is 12.8 Å². The Morgan fingerprint density at radius 2 is 2.10 bits per heavy atom. The molecule has 10 heavy (non-hydrogen) atoms. The molecule has 1 fully saturated rings. The topological polar surface area (TPSA) is 12.0 Å². The second kappa shape index (κ2) is 2.78. The summed E-state index contributed by atoms with van der Waals surface area (Å²) in [5, 5.41) is 2.60. The molecule has 1 aliphatic rings. The first-order chi connectivity index (χ1) is 4.61. The molecule has 1 aliphatic heterocycles. The van der Waals surface area contributed by atoms with Gasteiger partial charge in [-0.25, -0.2) is 0 Å². The minimum absolute atomic E-state index is 0.0451. The van der Waals surface area contributed by atoms with Crippen molar-refractivity contribution in [3.8, 4) is 0 Å². The van der Waals surface area contributed by atoms with Gasteiger partial charge in [0.15, 0.2) is 0 Å². The van der Waals surface area contributed by atoms with Crippen molar-refractivity contribution in [3.63, 3.8) is 0 Å². The summed E-state index contributed by atoms with van der Waals surface area (Å²) < 4.78 is 35.7. The maximum absolute atomic E-state index is 11.9. The molecule has 1 heterocycles. The van der Waals surface area contributed by atoms with Crippen molar-refractivity contribution < 1.29 is 13.2 Å². The van der Waals surface area contributed by atoms with Crippen LogP contribution in [0.2, 0.25) is 0 Å². The zero-order valence-corrected chi connectivity index (χ0v) is 5.41. The van der Waals surface area contributed by atoms with Gasteiger partial charge in [0, 0.05) is 13.1 Å². The molecule has 0 bridgehead atoms. The van der Waals surface area contributed by atoms with E-state index in [2.05, 4.69) is 5.32 Å². The predicted molar refractivity (Wildman–Crippen MR) is 31.1 cm³/mol. The van der Waals surface area contributed by atoms with Crippen LogP contribution in [0.25, 0.3) is 0 Å². The van der Waals surface area contributed by atoms with Gasteiger partial charge in [0.25, 0.3) is 0 Å². The Labute approximate surface area is 57.6 Å². The van der Waals surface area contributed by atoms with Gasteiger partial charge in [-0.3, -0.25) is 0 Å². The van der Waals surface area contributed by atoms with Crippen LogP contribution >= 0.6 is 0 Å². The molecular formula is C6H9F3N. The molecule has 0 spiro atoms. The minimum atomic E-state index is -4.01. The molecule has 0 aliphatic carbocycles. The minimum Gasteiger partial charge on any atom is -0.312 e. The smallest absolute Gasteiger partial charge is 0.312 e. The van der Waals surface area contributed by atoms with Gasteiger partial charge >= 0.3 is 6.18 Å². The number of piperidine rings is 1. The Balaban J connectivity index is 2.39. The molecule has 1 N–H and O–H groups in total. The molecule has 4 heteroatoms. The van der Waals surface area contributed by atoms with Gasteiger partial charge in [0.1, 0.15) is 0 Å². The van der Waals surface area contributed by atoms with Gasteiger partial charge in [0.05, 0.1) is 5.92 Å². The van der Waals surface area contributed by atoms with Crippen LogP contribution in [0, 0.1) is 12.5 Å². The van der Waals surface area contributed by atoms with Gasteiger partial charge in [-0.15, -0.1) is 0 Å². The van der Waals surface area contributed by atoms with Crippen molar-refractivity contribution in [2.45, 2.75) is 19.0 Å². The summed E-state index contributed by atoms with van der Waals surface area (Å²) in [6.07, 6.45) is -3.26. The number of hydrogen-bond acceptors (Lipinski definition) is 1. The van der Waals surface area contributed by atoms with Crippen LogP contribution < -0.4 is 5.32 Å². The van der Waals surface area contributed by atoms with E-state index in [0.717, 1.165) is 0 Å². The highest BCUT2D eigenvalue weighted by molar-refractivity contribution is 4.79. The summed E-state index contributed by atoms with van der Waals surface area (Å²) in [5.41, 5.74) is 0. The molecule has 1 radical (unpaired) electrons. The molecule has 0 amide bonds. The standard InChI is InChI=1S/C6H9F3N/c7-6(8,9)5-2-1-3-10-4-5/h3,5,10H,1-2,4H2. The van der Waals surface area contributed by atoms with Crippen molar-refractivity contribution >= 4 is 0 Å². The fraction of sp³-hybridized carbons (Fsp3) is 0.833. The normalized spacial score (nSPS) is 28.5. The molecule has 0 aromatic rings. The van der Waals surface area contributed by atoms with E-state index >= 15 is 0 Å². The van der Waals surface area contributed by atoms with Crippen LogP contribution in [0.4, 0.5) is 13.2 Å². The molecule has 1 atom stereocenters. The van der Waals surface area contributed by atoms with E-state index < -0.39 is 12.1 Å². The molecule has 1 saturated heterocycles. The van der Waals surface area contributed by atoms with Crippen LogP contribution in [0.15, 0.2) is 0 Å². The molecular weight excluding hydrogens is 143 g/mol. The van der Waals surface area contributed by atoms with E-state index in [-0.39, 0.29) is 13.0 Å². The first-order valence-electron chi connectivity index (χ1n) is 3.22. The highest BCUT2D eigenvalue weighted by Gasteiger charge is 2.39. The maximum atomic E-state index is 11.9. The summed E-state index contributed by atoms with van der Waals surface area (Å²) in [5.74, 6) is -1.14. The van der Waals surface area contributed by atoms with E-state index in [0.29, 0.717) is 6.42 Å². The van der Waals surface area contributed by atoms with E-state index in [4.69, 9.17) is 0 Å². The fourth-order valence-corrected chi connectivity index (χ4v) is 0.994. The second-order valence-electron chi connectivity index (χ2n) is 2.43. The summed E-state index contributed by atoms with van der Waals surface area (Å²) in [7, 11) is 0. The van der Waals surface area contributed by atoms with E-state index in [1.165, 1.54) is 0 Å². The predicted octanol–water partition coefficient (Wildman–Crippen LogP) is 1.71. The average molecular weight is 152 g/mol. The Morgan fingerprint density at radius 1 is 1.40 bits per heavy atom. The zero-order chi connectivity index (χ0) is 7.61. The molecule has 0 aromatic carbocycles. The number of halogens is 3. The lowest BCUT2D eigenvalue weighted by Crippen LogP contribution is -2.36. The third kappa shape index (κ3) is 1.87. The van der Waals surface area contributed by atoms with Gasteiger partial charge in [-0.2, -0.15) is 13.2 Å². The molecule has 1 rings (SSSR count). The van der Waals surface area contributed by atoms with Crippen LogP contribution in [-0.4, -0.2) is 12.7 Å². The lowest BCUT2D eigenvalue weighted by Gasteiger charge is -2.24. The molecule has 59 valence electrons. The van der Waals surface area contributed by atoms with Crippen molar-refractivity contribution in [1.82, 2.24) is 5.32 Å². The van der Waals surface area contributed by atoms with Gasteiger partial charge in [0.2, 0.25) is 0 Å². The third-order valence-electron chi connectivity index (χ3n) is 1.63. The summed E-state index contributed by atoms with van der Waals surface area (Å²) >= 11 is 0. The van der Waals surface area contributed by atoms with Gasteiger partial charge in [-0.05, 0) is 12.8 Å². The van der Waals surface area contributed by atoms with Crippen LogP contribution in [-0.2, 0) is 0 Å². The summed E-state index contributed by atoms with van der Waals surface area (Å²) in [4.78, 5) is 0. The Bertz CT molecular complexity index is 104. The van der Waals surface area contributed by atoms with E-state index in [9.17, 15) is 13.2 Å². The second-order valence-corrected chi connectivity index (χ2v) is 2.43. The summed E-state index contributed by atoms with van der Waals surface area (Å²) in [6.45, 7) is 1.73. The monoisotopic (exact) mass is 152 g/mol. The Kier molecular flexibility index (Phi) is 2.18. The highest BCUT2D eigenvalue weighted by atomic mass is 19.4. The van der Waals surface area contributed by atoms with Gasteiger partial charge < -0.3 is 5.32 Å². The SMILES string of the molecule is FC(F)(F)C1CC[CH]NC1. The highest BCUT2D eigenvalue weighted by Crippen LogP contribution is 2.30.